The fourth-order valence-electron chi connectivity index (χ4n) is 1.86. The van der Waals surface area contributed by atoms with E-state index >= 15 is 0 Å². The molecule has 0 fully saturated rings. The second-order valence-electron chi connectivity index (χ2n) is 3.50. The van der Waals surface area contributed by atoms with Crippen LogP contribution in [0.25, 0.3) is 0 Å². The van der Waals surface area contributed by atoms with Gasteiger partial charge in [-0.2, -0.15) is 0 Å². The minimum absolute atomic E-state index is 0.548. The standard InChI is InChI=1S/C10H15N/c1-8-6-7-9-4-2-3-5-10(9)11-8/h6-8,11H,2-5H2,1H3. The van der Waals surface area contributed by atoms with Crippen LogP contribution in [0, 0.1) is 0 Å². The summed E-state index contributed by atoms with van der Waals surface area (Å²) >= 11 is 0. The Hall–Kier alpha value is -0.720. The largest absolute Gasteiger partial charge is 0.382 e. The SMILES string of the molecule is CC1C=CC2=C(CCCC2)N1. The van der Waals surface area contributed by atoms with Gasteiger partial charge in [-0.3, -0.25) is 0 Å². The zero-order chi connectivity index (χ0) is 7.68. The van der Waals surface area contributed by atoms with Crippen LogP contribution in [0.4, 0.5) is 0 Å². The molecule has 1 N–H and O–H groups in total. The molecule has 0 bridgehead atoms. The Balaban J connectivity index is 2.20. The number of allylic oxidation sites excluding steroid dienone is 3. The lowest BCUT2D eigenvalue weighted by atomic mass is 9.93. The van der Waals surface area contributed by atoms with Gasteiger partial charge in [0, 0.05) is 11.7 Å². The fraction of sp³-hybridized carbons (Fsp3) is 0.600. The Morgan fingerprint density at radius 1 is 1.36 bits per heavy atom. The van der Waals surface area contributed by atoms with E-state index in [1.165, 1.54) is 31.4 Å². The molecule has 0 aromatic carbocycles. The summed E-state index contributed by atoms with van der Waals surface area (Å²) in [6, 6.07) is 0.548. The summed E-state index contributed by atoms with van der Waals surface area (Å²) in [5, 5.41) is 3.51. The molecule has 11 heavy (non-hydrogen) atoms. The van der Waals surface area contributed by atoms with Crippen molar-refractivity contribution in [1.29, 1.82) is 0 Å². The lowest BCUT2D eigenvalue weighted by Gasteiger charge is -2.26. The second-order valence-corrected chi connectivity index (χ2v) is 3.50. The van der Waals surface area contributed by atoms with Gasteiger partial charge in [-0.15, -0.1) is 0 Å². The van der Waals surface area contributed by atoms with Gasteiger partial charge in [-0.1, -0.05) is 12.2 Å². The van der Waals surface area contributed by atoms with Gasteiger partial charge < -0.3 is 5.32 Å². The van der Waals surface area contributed by atoms with Crippen molar-refractivity contribution in [3.63, 3.8) is 0 Å². The lowest BCUT2D eigenvalue weighted by molar-refractivity contribution is 0.590. The van der Waals surface area contributed by atoms with Gasteiger partial charge >= 0.3 is 0 Å². The molecule has 2 aliphatic rings. The molecule has 0 saturated heterocycles. The third-order valence-corrected chi connectivity index (χ3v) is 2.50. The van der Waals surface area contributed by atoms with Gasteiger partial charge in [0.25, 0.3) is 0 Å². The van der Waals surface area contributed by atoms with Crippen molar-refractivity contribution in [2.24, 2.45) is 0 Å². The molecular weight excluding hydrogens is 134 g/mol. The average molecular weight is 149 g/mol. The molecule has 0 aromatic rings. The zero-order valence-electron chi connectivity index (χ0n) is 7.06. The highest BCUT2D eigenvalue weighted by Gasteiger charge is 2.14. The van der Waals surface area contributed by atoms with Crippen molar-refractivity contribution in [2.45, 2.75) is 38.6 Å². The van der Waals surface area contributed by atoms with E-state index in [0.29, 0.717) is 6.04 Å². The van der Waals surface area contributed by atoms with Crippen LogP contribution in [0.5, 0.6) is 0 Å². The molecule has 60 valence electrons. The monoisotopic (exact) mass is 149 g/mol. The Morgan fingerprint density at radius 3 is 3.09 bits per heavy atom. The quantitative estimate of drug-likeness (QED) is 0.557. The van der Waals surface area contributed by atoms with Crippen LogP contribution >= 0.6 is 0 Å². The van der Waals surface area contributed by atoms with E-state index in [1.54, 1.807) is 5.57 Å². The van der Waals surface area contributed by atoms with Crippen molar-refractivity contribution >= 4 is 0 Å². The van der Waals surface area contributed by atoms with E-state index in [-0.39, 0.29) is 0 Å². The van der Waals surface area contributed by atoms with Gasteiger partial charge in [-0.25, -0.2) is 0 Å². The van der Waals surface area contributed by atoms with Crippen molar-refractivity contribution < 1.29 is 0 Å². The van der Waals surface area contributed by atoms with Crippen LogP contribution < -0.4 is 5.32 Å². The number of nitrogens with one attached hydrogen (secondary N) is 1. The summed E-state index contributed by atoms with van der Waals surface area (Å²) in [6.45, 7) is 2.20. The van der Waals surface area contributed by atoms with Crippen molar-refractivity contribution in [3.8, 4) is 0 Å². The van der Waals surface area contributed by atoms with Crippen molar-refractivity contribution in [3.05, 3.63) is 23.4 Å². The first kappa shape index (κ1) is 6.96. The van der Waals surface area contributed by atoms with Crippen LogP contribution in [-0.4, -0.2) is 6.04 Å². The highest BCUT2D eigenvalue weighted by atomic mass is 14.9. The number of rotatable bonds is 0. The molecule has 2 rings (SSSR count). The molecule has 1 aliphatic carbocycles. The highest BCUT2D eigenvalue weighted by molar-refractivity contribution is 5.31. The number of dihydropyridines is 1. The smallest absolute Gasteiger partial charge is 0.0416 e. The Labute approximate surface area is 68.2 Å². The van der Waals surface area contributed by atoms with E-state index in [1.807, 2.05) is 0 Å². The van der Waals surface area contributed by atoms with Gasteiger partial charge in [0.15, 0.2) is 0 Å². The summed E-state index contributed by atoms with van der Waals surface area (Å²) in [4.78, 5) is 0. The molecule has 0 saturated carbocycles. The number of hydrogen-bond donors (Lipinski definition) is 1. The molecule has 1 heteroatoms. The van der Waals surface area contributed by atoms with Crippen molar-refractivity contribution in [2.75, 3.05) is 0 Å². The zero-order valence-corrected chi connectivity index (χ0v) is 7.06. The molecule has 1 nitrogen and oxygen atoms in total. The normalized spacial score (nSPS) is 29.7. The average Bonchev–Trinajstić information content (AvgIpc) is 2.04. The predicted molar refractivity (Wildman–Crippen MR) is 47.2 cm³/mol. The Kier molecular flexibility index (Phi) is 1.72. The van der Waals surface area contributed by atoms with E-state index < -0.39 is 0 Å². The van der Waals surface area contributed by atoms with Crippen LogP contribution in [0.3, 0.4) is 0 Å². The molecule has 1 heterocycles. The van der Waals surface area contributed by atoms with Crippen molar-refractivity contribution in [1.82, 2.24) is 5.32 Å². The third-order valence-electron chi connectivity index (χ3n) is 2.50. The first-order valence-corrected chi connectivity index (χ1v) is 4.53. The van der Waals surface area contributed by atoms with Gasteiger partial charge in [0.05, 0.1) is 0 Å². The highest BCUT2D eigenvalue weighted by Crippen LogP contribution is 2.26. The van der Waals surface area contributed by atoms with E-state index in [2.05, 4.69) is 24.4 Å². The molecule has 0 spiro atoms. The number of hydrogen-bond acceptors (Lipinski definition) is 1. The fourth-order valence-corrected chi connectivity index (χ4v) is 1.86. The summed E-state index contributed by atoms with van der Waals surface area (Å²) in [6.07, 6.45) is 9.85. The Bertz CT molecular complexity index is 213. The van der Waals surface area contributed by atoms with Gasteiger partial charge in [-0.05, 0) is 38.2 Å². The van der Waals surface area contributed by atoms with E-state index in [0.717, 1.165) is 0 Å². The van der Waals surface area contributed by atoms with Crippen LogP contribution in [0.2, 0.25) is 0 Å². The first-order valence-electron chi connectivity index (χ1n) is 4.53. The lowest BCUT2D eigenvalue weighted by Crippen LogP contribution is -2.28. The van der Waals surface area contributed by atoms with Crippen LogP contribution in [0.1, 0.15) is 32.6 Å². The molecule has 1 unspecified atom stereocenters. The molecular formula is C10H15N. The molecule has 1 atom stereocenters. The van der Waals surface area contributed by atoms with Gasteiger partial charge in [0.2, 0.25) is 0 Å². The third kappa shape index (κ3) is 1.32. The molecule has 0 radical (unpaired) electrons. The molecule has 0 aromatic heterocycles. The van der Waals surface area contributed by atoms with Crippen LogP contribution in [0.15, 0.2) is 23.4 Å². The molecule has 0 amide bonds. The maximum Gasteiger partial charge on any atom is 0.0416 e. The summed E-state index contributed by atoms with van der Waals surface area (Å²) < 4.78 is 0. The molecule has 1 aliphatic heterocycles. The van der Waals surface area contributed by atoms with Gasteiger partial charge in [0.1, 0.15) is 0 Å². The minimum atomic E-state index is 0.548. The summed E-state index contributed by atoms with van der Waals surface area (Å²) in [7, 11) is 0. The topological polar surface area (TPSA) is 12.0 Å². The minimum Gasteiger partial charge on any atom is -0.382 e. The summed E-state index contributed by atoms with van der Waals surface area (Å²) in [5.74, 6) is 0. The first-order chi connectivity index (χ1) is 5.36. The maximum absolute atomic E-state index is 3.51. The Morgan fingerprint density at radius 2 is 2.18 bits per heavy atom. The van der Waals surface area contributed by atoms with E-state index in [4.69, 9.17) is 0 Å². The van der Waals surface area contributed by atoms with Crippen LogP contribution in [-0.2, 0) is 0 Å². The maximum atomic E-state index is 3.51. The van der Waals surface area contributed by atoms with E-state index in [9.17, 15) is 0 Å². The second kappa shape index (κ2) is 2.72. The predicted octanol–water partition coefficient (Wildman–Crippen LogP) is 2.36. The summed E-state index contributed by atoms with van der Waals surface area (Å²) in [5.41, 5.74) is 3.06.